The standard InChI is InChI=1S/C10H19NO/c1-3-8(2)11-10(12)9-6-4-5-7-9/h8-9H,3-7H2,1-2H3,(H,11,12). The third-order valence-corrected chi connectivity index (χ3v) is 2.73. The van der Waals surface area contributed by atoms with Crippen molar-refractivity contribution >= 4 is 5.91 Å². The first-order valence-electron chi connectivity index (χ1n) is 5.04. The van der Waals surface area contributed by atoms with Crippen LogP contribution in [-0.4, -0.2) is 11.9 Å². The van der Waals surface area contributed by atoms with Gasteiger partial charge in [0.2, 0.25) is 5.91 Å². The van der Waals surface area contributed by atoms with Gasteiger partial charge >= 0.3 is 0 Å². The molecule has 0 aromatic carbocycles. The largest absolute Gasteiger partial charge is 0.353 e. The summed E-state index contributed by atoms with van der Waals surface area (Å²) in [4.78, 5) is 11.5. The zero-order valence-corrected chi connectivity index (χ0v) is 8.10. The van der Waals surface area contributed by atoms with Crippen molar-refractivity contribution in [3.63, 3.8) is 0 Å². The molecule has 0 heterocycles. The van der Waals surface area contributed by atoms with Crippen LogP contribution in [-0.2, 0) is 4.79 Å². The van der Waals surface area contributed by atoms with E-state index in [9.17, 15) is 4.79 Å². The van der Waals surface area contributed by atoms with Crippen molar-refractivity contribution < 1.29 is 4.79 Å². The minimum absolute atomic E-state index is 0.279. The molecule has 0 bridgehead atoms. The molecule has 0 aliphatic heterocycles. The van der Waals surface area contributed by atoms with Crippen molar-refractivity contribution in [2.24, 2.45) is 5.92 Å². The Morgan fingerprint density at radius 1 is 1.50 bits per heavy atom. The lowest BCUT2D eigenvalue weighted by Crippen LogP contribution is -2.35. The van der Waals surface area contributed by atoms with Crippen LogP contribution in [0.2, 0.25) is 0 Å². The summed E-state index contributed by atoms with van der Waals surface area (Å²) in [6.45, 7) is 4.16. The molecule has 1 aliphatic carbocycles. The number of amides is 1. The molecule has 1 amide bonds. The SMILES string of the molecule is CCC(C)NC(=O)C1CCCC1. The van der Waals surface area contributed by atoms with Crippen LogP contribution in [0.1, 0.15) is 46.0 Å². The first kappa shape index (κ1) is 9.56. The molecule has 1 rings (SSSR count). The van der Waals surface area contributed by atoms with Gasteiger partial charge in [0.15, 0.2) is 0 Å². The summed E-state index contributed by atoms with van der Waals surface area (Å²) in [7, 11) is 0. The first-order valence-corrected chi connectivity index (χ1v) is 5.04. The summed E-state index contributed by atoms with van der Waals surface area (Å²) >= 11 is 0. The highest BCUT2D eigenvalue weighted by molar-refractivity contribution is 5.79. The number of rotatable bonds is 3. The van der Waals surface area contributed by atoms with Crippen molar-refractivity contribution in [2.45, 2.75) is 52.0 Å². The summed E-state index contributed by atoms with van der Waals surface area (Å²) in [6, 6.07) is 0.345. The van der Waals surface area contributed by atoms with Gasteiger partial charge in [0, 0.05) is 12.0 Å². The summed E-state index contributed by atoms with van der Waals surface area (Å²) in [5.74, 6) is 0.598. The van der Waals surface area contributed by atoms with Crippen LogP contribution in [0.15, 0.2) is 0 Å². The molecule has 2 nitrogen and oxygen atoms in total. The molecule has 1 aliphatic rings. The molecule has 2 heteroatoms. The molecule has 1 fully saturated rings. The summed E-state index contributed by atoms with van der Waals surface area (Å²) < 4.78 is 0. The van der Waals surface area contributed by atoms with Crippen molar-refractivity contribution in [1.29, 1.82) is 0 Å². The Hall–Kier alpha value is -0.530. The van der Waals surface area contributed by atoms with Gasteiger partial charge in [-0.2, -0.15) is 0 Å². The molecule has 0 saturated heterocycles. The Bertz CT molecular complexity index is 150. The van der Waals surface area contributed by atoms with Crippen molar-refractivity contribution in [3.05, 3.63) is 0 Å². The highest BCUT2D eigenvalue weighted by Crippen LogP contribution is 2.24. The molecule has 1 N–H and O–H groups in total. The van der Waals surface area contributed by atoms with Gasteiger partial charge in [-0.05, 0) is 26.2 Å². The quantitative estimate of drug-likeness (QED) is 0.688. The van der Waals surface area contributed by atoms with Gasteiger partial charge in [-0.3, -0.25) is 4.79 Å². The number of nitrogens with one attached hydrogen (secondary N) is 1. The van der Waals surface area contributed by atoms with Crippen molar-refractivity contribution in [3.8, 4) is 0 Å². The number of carbonyl (C=O) groups is 1. The maximum absolute atomic E-state index is 11.5. The third-order valence-electron chi connectivity index (χ3n) is 2.73. The number of hydrogen-bond acceptors (Lipinski definition) is 1. The molecule has 0 spiro atoms. The van der Waals surface area contributed by atoms with Gasteiger partial charge < -0.3 is 5.32 Å². The van der Waals surface area contributed by atoms with Gasteiger partial charge in [0.05, 0.1) is 0 Å². The van der Waals surface area contributed by atoms with E-state index in [-0.39, 0.29) is 5.91 Å². The van der Waals surface area contributed by atoms with Crippen LogP contribution < -0.4 is 5.32 Å². The molecule has 12 heavy (non-hydrogen) atoms. The van der Waals surface area contributed by atoms with E-state index < -0.39 is 0 Å². The van der Waals surface area contributed by atoms with Gasteiger partial charge in [0.1, 0.15) is 0 Å². The van der Waals surface area contributed by atoms with Crippen LogP contribution in [0.4, 0.5) is 0 Å². The Morgan fingerprint density at radius 2 is 2.08 bits per heavy atom. The fraction of sp³-hybridized carbons (Fsp3) is 0.900. The van der Waals surface area contributed by atoms with E-state index in [2.05, 4.69) is 19.2 Å². The van der Waals surface area contributed by atoms with E-state index in [1.807, 2.05) is 0 Å². The molecule has 0 radical (unpaired) electrons. The third kappa shape index (κ3) is 2.50. The zero-order chi connectivity index (χ0) is 8.97. The molecule has 1 atom stereocenters. The van der Waals surface area contributed by atoms with Crippen LogP contribution >= 0.6 is 0 Å². The van der Waals surface area contributed by atoms with Gasteiger partial charge in [-0.15, -0.1) is 0 Å². The van der Waals surface area contributed by atoms with E-state index >= 15 is 0 Å². The predicted octanol–water partition coefficient (Wildman–Crippen LogP) is 2.09. The average Bonchev–Trinajstić information content (AvgIpc) is 2.56. The van der Waals surface area contributed by atoms with Gasteiger partial charge in [0.25, 0.3) is 0 Å². The Balaban J connectivity index is 2.27. The summed E-state index contributed by atoms with van der Waals surface area (Å²) in [5.41, 5.74) is 0. The molecule has 1 unspecified atom stereocenters. The lowest BCUT2D eigenvalue weighted by atomic mass is 10.1. The first-order chi connectivity index (χ1) is 5.74. The van der Waals surface area contributed by atoms with E-state index in [1.165, 1.54) is 12.8 Å². The molecule has 70 valence electrons. The van der Waals surface area contributed by atoms with Gasteiger partial charge in [-0.1, -0.05) is 19.8 Å². The van der Waals surface area contributed by atoms with E-state index in [0.717, 1.165) is 19.3 Å². The Morgan fingerprint density at radius 3 is 2.58 bits per heavy atom. The minimum Gasteiger partial charge on any atom is -0.353 e. The predicted molar refractivity (Wildman–Crippen MR) is 49.9 cm³/mol. The lowest BCUT2D eigenvalue weighted by molar-refractivity contribution is -0.125. The molecular formula is C10H19NO. The smallest absolute Gasteiger partial charge is 0.223 e. The average molecular weight is 169 g/mol. The van der Waals surface area contributed by atoms with Crippen molar-refractivity contribution in [2.75, 3.05) is 0 Å². The summed E-state index contributed by atoms with van der Waals surface area (Å²) in [6.07, 6.45) is 5.69. The molecular weight excluding hydrogens is 150 g/mol. The highest BCUT2D eigenvalue weighted by atomic mass is 16.1. The summed E-state index contributed by atoms with van der Waals surface area (Å²) in [5, 5.41) is 3.03. The van der Waals surface area contributed by atoms with Crippen LogP contribution in [0.5, 0.6) is 0 Å². The number of hydrogen-bond donors (Lipinski definition) is 1. The molecule has 1 saturated carbocycles. The van der Waals surface area contributed by atoms with Crippen LogP contribution in [0.3, 0.4) is 0 Å². The molecule has 0 aromatic rings. The second-order valence-electron chi connectivity index (χ2n) is 3.80. The highest BCUT2D eigenvalue weighted by Gasteiger charge is 2.22. The van der Waals surface area contributed by atoms with Crippen LogP contribution in [0, 0.1) is 5.92 Å². The number of carbonyl (C=O) groups excluding carboxylic acids is 1. The Kier molecular flexibility index (Phi) is 3.57. The second kappa shape index (κ2) is 4.48. The van der Waals surface area contributed by atoms with E-state index in [0.29, 0.717) is 12.0 Å². The normalized spacial score (nSPS) is 20.8. The second-order valence-corrected chi connectivity index (χ2v) is 3.80. The van der Waals surface area contributed by atoms with Crippen LogP contribution in [0.25, 0.3) is 0 Å². The van der Waals surface area contributed by atoms with Crippen molar-refractivity contribution in [1.82, 2.24) is 5.32 Å². The fourth-order valence-corrected chi connectivity index (χ4v) is 1.65. The maximum Gasteiger partial charge on any atom is 0.223 e. The Labute approximate surface area is 74.7 Å². The topological polar surface area (TPSA) is 29.1 Å². The molecule has 0 aromatic heterocycles. The maximum atomic E-state index is 11.5. The van der Waals surface area contributed by atoms with E-state index in [4.69, 9.17) is 0 Å². The van der Waals surface area contributed by atoms with E-state index in [1.54, 1.807) is 0 Å². The lowest BCUT2D eigenvalue weighted by Gasteiger charge is -2.14. The van der Waals surface area contributed by atoms with Gasteiger partial charge in [-0.25, -0.2) is 0 Å². The zero-order valence-electron chi connectivity index (χ0n) is 8.10. The minimum atomic E-state index is 0.279. The fourth-order valence-electron chi connectivity index (χ4n) is 1.65. The monoisotopic (exact) mass is 169 g/mol.